The first-order chi connectivity index (χ1) is 14.5. The molecule has 0 saturated carbocycles. The zero-order valence-corrected chi connectivity index (χ0v) is 18.0. The van der Waals surface area contributed by atoms with Gasteiger partial charge in [0.05, 0.1) is 23.5 Å². The summed E-state index contributed by atoms with van der Waals surface area (Å²) in [6, 6.07) is 2.06. The summed E-state index contributed by atoms with van der Waals surface area (Å²) in [5.41, 5.74) is 4.39. The van der Waals surface area contributed by atoms with Gasteiger partial charge in [0.25, 0.3) is 11.5 Å². The highest BCUT2D eigenvalue weighted by molar-refractivity contribution is 5.96. The van der Waals surface area contributed by atoms with E-state index in [4.69, 9.17) is 0 Å². The first-order valence-corrected chi connectivity index (χ1v) is 11.2. The molecule has 162 valence electrons. The zero-order valence-electron chi connectivity index (χ0n) is 18.0. The van der Waals surface area contributed by atoms with E-state index in [1.165, 1.54) is 0 Å². The van der Waals surface area contributed by atoms with Crippen molar-refractivity contribution < 1.29 is 4.79 Å². The molecule has 4 rings (SSSR count). The van der Waals surface area contributed by atoms with Gasteiger partial charge in [0.15, 0.2) is 0 Å². The van der Waals surface area contributed by atoms with Crippen molar-refractivity contribution >= 4 is 5.91 Å². The summed E-state index contributed by atoms with van der Waals surface area (Å²) in [5, 5.41) is 14.7. The van der Waals surface area contributed by atoms with Crippen molar-refractivity contribution in [3.05, 3.63) is 44.6 Å². The molecule has 0 aromatic carbocycles. The van der Waals surface area contributed by atoms with E-state index in [-0.39, 0.29) is 17.5 Å². The van der Waals surface area contributed by atoms with Crippen LogP contribution in [0.2, 0.25) is 0 Å². The van der Waals surface area contributed by atoms with Crippen LogP contribution in [-0.4, -0.2) is 56.5 Å². The number of nitrogens with one attached hydrogen (secondary N) is 2. The molecule has 30 heavy (non-hydrogen) atoms. The third-order valence-electron chi connectivity index (χ3n) is 6.48. The van der Waals surface area contributed by atoms with Gasteiger partial charge in [0, 0.05) is 30.9 Å². The molecule has 2 aromatic rings. The molecule has 3 heterocycles. The Morgan fingerprint density at radius 3 is 2.83 bits per heavy atom. The average molecular weight is 413 g/mol. The van der Waals surface area contributed by atoms with Crippen LogP contribution in [0.15, 0.2) is 10.9 Å². The molecule has 0 bridgehead atoms. The summed E-state index contributed by atoms with van der Waals surface area (Å²) < 4.78 is 1.63. The smallest absolute Gasteiger partial charge is 0.267 e. The van der Waals surface area contributed by atoms with Gasteiger partial charge in [-0.05, 0) is 64.5 Å². The molecule has 1 unspecified atom stereocenters. The fourth-order valence-corrected chi connectivity index (χ4v) is 4.75. The predicted molar refractivity (Wildman–Crippen MR) is 115 cm³/mol. The van der Waals surface area contributed by atoms with E-state index in [1.807, 2.05) is 13.8 Å². The highest BCUT2D eigenvalue weighted by atomic mass is 16.1. The Bertz CT molecular complexity index is 944. The van der Waals surface area contributed by atoms with Gasteiger partial charge < -0.3 is 5.32 Å². The molecule has 1 aliphatic carbocycles. The van der Waals surface area contributed by atoms with Crippen LogP contribution in [0, 0.1) is 13.8 Å². The molecule has 1 aliphatic heterocycles. The maximum atomic E-state index is 12.6. The third-order valence-corrected chi connectivity index (χ3v) is 6.48. The van der Waals surface area contributed by atoms with Gasteiger partial charge in [-0.3, -0.25) is 19.6 Å². The SMILES string of the molecule is Cc1n[nH]c(C)c1C(=O)NCC1CCCCN1CCn1nc2c(cc1=O)CCCC2. The minimum absolute atomic E-state index is 0.00317. The highest BCUT2D eigenvalue weighted by Crippen LogP contribution is 2.18. The number of piperidine rings is 1. The molecule has 0 radical (unpaired) electrons. The zero-order chi connectivity index (χ0) is 21.1. The summed E-state index contributed by atoms with van der Waals surface area (Å²) in [7, 11) is 0. The number of hydrogen-bond donors (Lipinski definition) is 2. The first kappa shape index (κ1) is 20.8. The van der Waals surface area contributed by atoms with E-state index < -0.39 is 0 Å². The van der Waals surface area contributed by atoms with Crippen LogP contribution in [0.1, 0.15) is 65.1 Å². The standard InChI is InChI=1S/C22H32N6O2/c1-15-21(16(2)25-24-15)22(30)23-14-18-8-5-6-10-27(18)11-12-28-20(29)13-17-7-3-4-9-19(17)26-28/h13,18H,3-12,14H2,1-2H3,(H,23,30)(H,24,25). The summed E-state index contributed by atoms with van der Waals surface area (Å²) in [6.07, 6.45) is 7.62. The van der Waals surface area contributed by atoms with Crippen LogP contribution < -0.4 is 10.9 Å². The van der Waals surface area contributed by atoms with E-state index >= 15 is 0 Å². The fraction of sp³-hybridized carbons (Fsp3) is 0.636. The number of nitrogens with zero attached hydrogens (tertiary/aromatic N) is 4. The number of fused-ring (bicyclic) bond motifs is 1. The van der Waals surface area contributed by atoms with Crippen molar-refractivity contribution in [1.29, 1.82) is 0 Å². The van der Waals surface area contributed by atoms with Gasteiger partial charge in [-0.25, -0.2) is 4.68 Å². The lowest BCUT2D eigenvalue weighted by atomic mass is 9.97. The number of rotatable bonds is 6. The van der Waals surface area contributed by atoms with Crippen molar-refractivity contribution in [2.75, 3.05) is 19.6 Å². The van der Waals surface area contributed by atoms with Crippen LogP contribution in [0.3, 0.4) is 0 Å². The Hall–Kier alpha value is -2.48. The minimum atomic E-state index is -0.0724. The maximum Gasteiger partial charge on any atom is 0.267 e. The highest BCUT2D eigenvalue weighted by Gasteiger charge is 2.24. The van der Waals surface area contributed by atoms with Crippen LogP contribution in [-0.2, 0) is 19.4 Å². The monoisotopic (exact) mass is 412 g/mol. The number of carbonyl (C=O) groups is 1. The lowest BCUT2D eigenvalue weighted by molar-refractivity contribution is 0.0908. The molecule has 8 heteroatoms. The van der Waals surface area contributed by atoms with Gasteiger partial charge in [-0.1, -0.05) is 6.42 Å². The van der Waals surface area contributed by atoms with Crippen LogP contribution in [0.5, 0.6) is 0 Å². The van der Waals surface area contributed by atoms with Crippen molar-refractivity contribution in [3.63, 3.8) is 0 Å². The molecule has 1 amide bonds. The van der Waals surface area contributed by atoms with E-state index in [0.717, 1.165) is 80.7 Å². The van der Waals surface area contributed by atoms with E-state index in [1.54, 1.807) is 10.7 Å². The quantitative estimate of drug-likeness (QED) is 0.754. The Balaban J connectivity index is 1.37. The molecular weight excluding hydrogens is 380 g/mol. The number of aromatic nitrogens is 4. The van der Waals surface area contributed by atoms with Gasteiger partial charge in [-0.2, -0.15) is 10.2 Å². The first-order valence-electron chi connectivity index (χ1n) is 11.2. The van der Waals surface area contributed by atoms with Gasteiger partial charge in [0.1, 0.15) is 0 Å². The molecule has 1 fully saturated rings. The Morgan fingerprint density at radius 2 is 2.03 bits per heavy atom. The number of H-pyrrole nitrogens is 1. The van der Waals surface area contributed by atoms with E-state index in [0.29, 0.717) is 18.7 Å². The van der Waals surface area contributed by atoms with E-state index in [9.17, 15) is 9.59 Å². The maximum absolute atomic E-state index is 12.6. The normalized spacial score (nSPS) is 19.5. The van der Waals surface area contributed by atoms with Gasteiger partial charge >= 0.3 is 0 Å². The molecule has 2 N–H and O–H groups in total. The van der Waals surface area contributed by atoms with E-state index in [2.05, 4.69) is 25.5 Å². The average Bonchev–Trinajstić information content (AvgIpc) is 3.09. The minimum Gasteiger partial charge on any atom is -0.350 e. The summed E-state index contributed by atoms with van der Waals surface area (Å²) in [4.78, 5) is 27.5. The lowest BCUT2D eigenvalue weighted by Gasteiger charge is -2.35. The largest absolute Gasteiger partial charge is 0.350 e. The number of aromatic amines is 1. The van der Waals surface area contributed by atoms with Crippen LogP contribution in [0.4, 0.5) is 0 Å². The number of carbonyl (C=O) groups excluding carboxylic acids is 1. The van der Waals surface area contributed by atoms with Crippen LogP contribution in [0.25, 0.3) is 0 Å². The van der Waals surface area contributed by atoms with Crippen molar-refractivity contribution in [1.82, 2.24) is 30.2 Å². The Kier molecular flexibility index (Phi) is 6.32. The molecule has 2 aromatic heterocycles. The molecular formula is C22H32N6O2. The molecule has 8 nitrogen and oxygen atoms in total. The Morgan fingerprint density at radius 1 is 1.20 bits per heavy atom. The van der Waals surface area contributed by atoms with Crippen molar-refractivity contribution in [3.8, 4) is 0 Å². The van der Waals surface area contributed by atoms with Crippen molar-refractivity contribution in [2.45, 2.75) is 71.4 Å². The number of aryl methyl sites for hydroxylation is 4. The van der Waals surface area contributed by atoms with Gasteiger partial charge in [0.2, 0.25) is 0 Å². The summed E-state index contributed by atoms with van der Waals surface area (Å²) >= 11 is 0. The summed E-state index contributed by atoms with van der Waals surface area (Å²) in [5.74, 6) is -0.0724. The second-order valence-electron chi connectivity index (χ2n) is 8.59. The molecule has 0 spiro atoms. The number of amides is 1. The second-order valence-corrected chi connectivity index (χ2v) is 8.59. The second kappa shape index (κ2) is 9.12. The summed E-state index contributed by atoms with van der Waals surface area (Å²) in [6.45, 7) is 6.67. The Labute approximate surface area is 177 Å². The number of likely N-dealkylation sites (tertiary alicyclic amines) is 1. The predicted octanol–water partition coefficient (Wildman–Crippen LogP) is 1.75. The van der Waals surface area contributed by atoms with Crippen LogP contribution >= 0.6 is 0 Å². The lowest BCUT2D eigenvalue weighted by Crippen LogP contribution is -2.48. The third kappa shape index (κ3) is 4.48. The molecule has 2 aliphatic rings. The molecule has 1 atom stereocenters. The number of hydrogen-bond acceptors (Lipinski definition) is 5. The van der Waals surface area contributed by atoms with Crippen molar-refractivity contribution in [2.24, 2.45) is 0 Å². The van der Waals surface area contributed by atoms with Gasteiger partial charge in [-0.15, -0.1) is 0 Å². The topological polar surface area (TPSA) is 95.9 Å². The molecule has 1 saturated heterocycles. The fourth-order valence-electron chi connectivity index (χ4n) is 4.75.